The molecule has 1 fully saturated rings. The maximum atomic E-state index is 11.2. The van der Waals surface area contributed by atoms with Crippen LogP contribution >= 0.6 is 0 Å². The van der Waals surface area contributed by atoms with Gasteiger partial charge in [-0.3, -0.25) is 10.9 Å². The third-order valence-corrected chi connectivity index (χ3v) is 3.64. The normalized spacial score (nSPS) is 22.9. The van der Waals surface area contributed by atoms with Crippen molar-refractivity contribution in [3.8, 4) is 0 Å². The summed E-state index contributed by atoms with van der Waals surface area (Å²) in [6.07, 6.45) is 0. The van der Waals surface area contributed by atoms with Gasteiger partial charge in [-0.15, -0.1) is 0 Å². The first-order valence-corrected chi connectivity index (χ1v) is 6.56. The van der Waals surface area contributed by atoms with E-state index in [1.807, 2.05) is 19.2 Å². The summed E-state index contributed by atoms with van der Waals surface area (Å²) in [5, 5.41) is 9.17. The summed E-state index contributed by atoms with van der Waals surface area (Å²) in [5.74, 6) is -0.316. The van der Waals surface area contributed by atoms with Crippen molar-refractivity contribution in [3.05, 3.63) is 35.4 Å². The lowest BCUT2D eigenvalue weighted by atomic mass is 10.0. The van der Waals surface area contributed by atoms with Crippen molar-refractivity contribution >= 4 is 5.97 Å². The van der Waals surface area contributed by atoms with Crippen LogP contribution < -0.4 is 10.9 Å². The van der Waals surface area contributed by atoms with E-state index in [0.29, 0.717) is 24.1 Å². The molecule has 1 aliphatic rings. The molecule has 5 nitrogen and oxygen atoms in total. The molecule has 1 aromatic carbocycles. The van der Waals surface area contributed by atoms with E-state index < -0.39 is 5.97 Å². The van der Waals surface area contributed by atoms with Crippen molar-refractivity contribution in [1.82, 2.24) is 15.8 Å². The number of nitrogens with zero attached hydrogens (tertiary/aromatic N) is 1. The number of carbonyl (C=O) groups is 1. The van der Waals surface area contributed by atoms with Gasteiger partial charge in [0, 0.05) is 31.6 Å². The molecule has 0 spiro atoms. The largest absolute Gasteiger partial charge is 0.478 e. The summed E-state index contributed by atoms with van der Waals surface area (Å²) in [4.78, 5) is 13.3. The molecule has 104 valence electrons. The third-order valence-electron chi connectivity index (χ3n) is 3.64. The molecule has 3 N–H and O–H groups in total. The average Bonchev–Trinajstić information content (AvgIpc) is 2.75. The Morgan fingerprint density at radius 1 is 1.47 bits per heavy atom. The molecule has 0 radical (unpaired) electrons. The van der Waals surface area contributed by atoms with Gasteiger partial charge in [0.2, 0.25) is 0 Å². The molecule has 1 heterocycles. The Labute approximate surface area is 113 Å². The molecule has 0 aliphatic carbocycles. The second-order valence-electron chi connectivity index (χ2n) is 5.23. The lowest BCUT2D eigenvalue weighted by Gasteiger charge is -2.23. The highest BCUT2D eigenvalue weighted by atomic mass is 16.4. The number of rotatable bonds is 5. The van der Waals surface area contributed by atoms with Gasteiger partial charge in [-0.25, -0.2) is 4.79 Å². The fourth-order valence-electron chi connectivity index (χ4n) is 2.49. The van der Waals surface area contributed by atoms with E-state index >= 15 is 0 Å². The minimum absolute atomic E-state index is 0.394. The van der Waals surface area contributed by atoms with Crippen LogP contribution in [-0.2, 0) is 6.54 Å². The maximum Gasteiger partial charge on any atom is 0.336 e. The second-order valence-corrected chi connectivity index (χ2v) is 5.23. The van der Waals surface area contributed by atoms with E-state index in [1.165, 1.54) is 0 Å². The van der Waals surface area contributed by atoms with Crippen molar-refractivity contribution in [2.45, 2.75) is 19.5 Å². The van der Waals surface area contributed by atoms with Gasteiger partial charge in [-0.05, 0) is 25.6 Å². The minimum atomic E-state index is -0.860. The molecular weight excluding hydrogens is 242 g/mol. The van der Waals surface area contributed by atoms with Gasteiger partial charge in [0.15, 0.2) is 0 Å². The van der Waals surface area contributed by atoms with Crippen LogP contribution in [0.15, 0.2) is 24.3 Å². The number of carboxylic acid groups (broad SMARTS) is 1. The smallest absolute Gasteiger partial charge is 0.336 e. The van der Waals surface area contributed by atoms with Gasteiger partial charge in [0.05, 0.1) is 5.56 Å². The van der Waals surface area contributed by atoms with Gasteiger partial charge in [-0.2, -0.15) is 0 Å². The predicted octanol–water partition coefficient (Wildman–Crippen LogP) is 0.929. The number of hydrogen-bond donors (Lipinski definition) is 3. The molecule has 0 amide bonds. The lowest BCUT2D eigenvalue weighted by Crippen LogP contribution is -2.33. The van der Waals surface area contributed by atoms with Gasteiger partial charge in [-0.1, -0.05) is 18.2 Å². The quantitative estimate of drug-likeness (QED) is 0.737. The van der Waals surface area contributed by atoms with E-state index in [1.54, 1.807) is 12.1 Å². The molecule has 2 atom stereocenters. The van der Waals surface area contributed by atoms with E-state index in [4.69, 9.17) is 5.11 Å². The third kappa shape index (κ3) is 3.53. The first kappa shape index (κ1) is 14.0. The van der Waals surface area contributed by atoms with Crippen molar-refractivity contribution in [2.24, 2.45) is 5.92 Å². The Morgan fingerprint density at radius 2 is 2.21 bits per heavy atom. The predicted molar refractivity (Wildman–Crippen MR) is 73.8 cm³/mol. The van der Waals surface area contributed by atoms with Gasteiger partial charge in [0.25, 0.3) is 0 Å². The zero-order valence-electron chi connectivity index (χ0n) is 11.4. The molecular formula is C14H21N3O2. The van der Waals surface area contributed by atoms with Crippen LogP contribution in [0.25, 0.3) is 0 Å². The molecule has 2 rings (SSSR count). The van der Waals surface area contributed by atoms with Crippen LogP contribution in [0.5, 0.6) is 0 Å². The molecule has 1 aromatic rings. The Hall–Kier alpha value is -1.43. The number of hydrogen-bond acceptors (Lipinski definition) is 4. The summed E-state index contributed by atoms with van der Waals surface area (Å²) in [7, 11) is 2.03. The number of benzene rings is 1. The van der Waals surface area contributed by atoms with Crippen molar-refractivity contribution < 1.29 is 9.90 Å². The molecule has 1 aliphatic heterocycles. The summed E-state index contributed by atoms with van der Waals surface area (Å²) in [6.45, 7) is 4.70. The van der Waals surface area contributed by atoms with E-state index in [0.717, 1.165) is 18.7 Å². The maximum absolute atomic E-state index is 11.2. The lowest BCUT2D eigenvalue weighted by molar-refractivity contribution is 0.0694. The van der Waals surface area contributed by atoms with Crippen LogP contribution in [0.1, 0.15) is 22.8 Å². The second kappa shape index (κ2) is 6.14. The SMILES string of the molecule is CC1NNCC1CN(C)Cc1ccccc1C(=O)O. The van der Waals surface area contributed by atoms with Crippen LogP contribution in [0, 0.1) is 5.92 Å². The van der Waals surface area contributed by atoms with E-state index in [2.05, 4.69) is 22.7 Å². The van der Waals surface area contributed by atoms with Crippen LogP contribution in [-0.4, -0.2) is 42.2 Å². The monoisotopic (exact) mass is 263 g/mol. The highest BCUT2D eigenvalue weighted by molar-refractivity contribution is 5.89. The molecule has 0 aromatic heterocycles. The molecule has 1 saturated heterocycles. The molecule has 19 heavy (non-hydrogen) atoms. The van der Waals surface area contributed by atoms with Crippen molar-refractivity contribution in [2.75, 3.05) is 20.1 Å². The van der Waals surface area contributed by atoms with E-state index in [9.17, 15) is 4.79 Å². The fraction of sp³-hybridized carbons (Fsp3) is 0.500. The number of hydrazine groups is 1. The summed E-state index contributed by atoms with van der Waals surface area (Å²) < 4.78 is 0. The number of aromatic carboxylic acids is 1. The topological polar surface area (TPSA) is 64.6 Å². The highest BCUT2D eigenvalue weighted by Crippen LogP contribution is 2.14. The van der Waals surface area contributed by atoms with Gasteiger partial charge in [0.1, 0.15) is 0 Å². The van der Waals surface area contributed by atoms with Crippen molar-refractivity contribution in [1.29, 1.82) is 0 Å². The standard InChI is InChI=1S/C14H21N3O2/c1-10-12(7-15-16-10)9-17(2)8-11-5-3-4-6-13(11)14(18)19/h3-6,10,12,15-16H,7-9H2,1-2H3,(H,18,19). The zero-order valence-corrected chi connectivity index (χ0v) is 11.4. The highest BCUT2D eigenvalue weighted by Gasteiger charge is 2.24. The summed E-state index contributed by atoms with van der Waals surface area (Å²) >= 11 is 0. The number of nitrogens with one attached hydrogen (secondary N) is 2. The summed E-state index contributed by atoms with van der Waals surface area (Å²) in [6, 6.07) is 7.63. The van der Waals surface area contributed by atoms with E-state index in [-0.39, 0.29) is 0 Å². The summed E-state index contributed by atoms with van der Waals surface area (Å²) in [5.41, 5.74) is 7.61. The zero-order chi connectivity index (χ0) is 13.8. The first-order valence-electron chi connectivity index (χ1n) is 6.56. The Morgan fingerprint density at radius 3 is 2.84 bits per heavy atom. The first-order chi connectivity index (χ1) is 9.08. The molecule has 0 bridgehead atoms. The molecule has 2 unspecified atom stereocenters. The van der Waals surface area contributed by atoms with Gasteiger partial charge < -0.3 is 10.0 Å². The Kier molecular flexibility index (Phi) is 4.52. The van der Waals surface area contributed by atoms with Crippen molar-refractivity contribution in [3.63, 3.8) is 0 Å². The van der Waals surface area contributed by atoms with Crippen LogP contribution in [0.3, 0.4) is 0 Å². The Balaban J connectivity index is 1.98. The van der Waals surface area contributed by atoms with Crippen LogP contribution in [0.2, 0.25) is 0 Å². The van der Waals surface area contributed by atoms with Gasteiger partial charge >= 0.3 is 5.97 Å². The number of carboxylic acids is 1. The minimum Gasteiger partial charge on any atom is -0.478 e. The van der Waals surface area contributed by atoms with Crippen LogP contribution in [0.4, 0.5) is 0 Å². The molecule has 0 saturated carbocycles. The Bertz CT molecular complexity index is 450. The average molecular weight is 263 g/mol. The fourth-order valence-corrected chi connectivity index (χ4v) is 2.49. The molecule has 5 heteroatoms.